The molecule has 0 amide bonds. The van der Waals surface area contributed by atoms with E-state index in [1.165, 1.54) is 16.7 Å². The number of imidazole rings is 1. The van der Waals surface area contributed by atoms with E-state index in [9.17, 15) is 0 Å². The smallest absolute Gasteiger partial charge is 0.153 e. The van der Waals surface area contributed by atoms with Crippen LogP contribution in [0.5, 0.6) is 11.5 Å². The third-order valence-electron chi connectivity index (χ3n) is 18.6. The van der Waals surface area contributed by atoms with Gasteiger partial charge in [-0.2, -0.15) is 0 Å². The number of likely N-dealkylation sites (tertiary alicyclic amines) is 2. The molecule has 5 fully saturated rings. The largest absolute Gasteiger partial charge is 0.457 e. The van der Waals surface area contributed by atoms with Crippen molar-refractivity contribution < 1.29 is 19.0 Å². The van der Waals surface area contributed by atoms with E-state index in [-0.39, 0.29) is 60.3 Å². The number of hydrogen-bond acceptors (Lipinski definition) is 10. The minimum atomic E-state index is -0.779. The van der Waals surface area contributed by atoms with E-state index in [1.54, 1.807) is 7.11 Å². The zero-order chi connectivity index (χ0) is 50.8. The Hall–Kier alpha value is -4.40. The van der Waals surface area contributed by atoms with Crippen molar-refractivity contribution in [1.29, 1.82) is 0 Å². The van der Waals surface area contributed by atoms with Gasteiger partial charge in [0.25, 0.3) is 0 Å². The lowest BCUT2D eigenvalue weighted by atomic mass is 9.54. The minimum Gasteiger partial charge on any atom is -0.457 e. The summed E-state index contributed by atoms with van der Waals surface area (Å²) in [7, 11) is 8.47. The zero-order valence-corrected chi connectivity index (χ0v) is 45.1. The van der Waals surface area contributed by atoms with Gasteiger partial charge in [0, 0.05) is 103 Å². The fraction of sp³-hybridized carbons (Fsp3) is 0.500. The van der Waals surface area contributed by atoms with Crippen molar-refractivity contribution >= 4 is 34.6 Å². The predicted octanol–water partition coefficient (Wildman–Crippen LogP) is 9.74. The molecule has 11 rings (SSSR count). The number of nitrogens with zero attached hydrogens (tertiary/aromatic N) is 5. The summed E-state index contributed by atoms with van der Waals surface area (Å²) < 4.78 is 20.8. The fourth-order valence-corrected chi connectivity index (χ4v) is 15.5. The fourth-order valence-electron chi connectivity index (χ4n) is 15.3. The van der Waals surface area contributed by atoms with Crippen LogP contribution >= 0.6 is 23.2 Å². The Balaban J connectivity index is 1.01. The highest BCUT2D eigenvalue weighted by atomic mass is 35.5. The number of methoxy groups -OCH3 is 1. The van der Waals surface area contributed by atoms with Crippen molar-refractivity contribution in [3.63, 3.8) is 0 Å². The topological polar surface area (TPSA) is 96.4 Å². The zero-order valence-electron chi connectivity index (χ0n) is 43.6. The van der Waals surface area contributed by atoms with Crippen LogP contribution in [0.4, 0.5) is 0 Å². The first kappa shape index (κ1) is 50.7. The molecular weight excluding hydrogens is 954 g/mol. The summed E-state index contributed by atoms with van der Waals surface area (Å²) in [5.74, 6) is 3.07. The average Bonchev–Trinajstić information content (AvgIpc) is 4.08. The first-order valence-corrected chi connectivity index (χ1v) is 27.5. The SMILES string of the molecule is CCC12C(=O)C34C5C[C@H](Cc6ccc(Cl)cc6)N(C)C3[C@@H](COC)NC4[C@H](C)N(Cc3ccc(Cl)cc3Oc3ccc(-c4cnc(C6=CCOCC6)n4C)cc3)C1C[C@@H](Cc1ccccc1)C2N(C)[C@@H](C)CN5. The molecule has 2 bridgehead atoms. The Morgan fingerprint density at radius 3 is 2.36 bits per heavy atom. The van der Waals surface area contributed by atoms with Crippen molar-refractivity contribution in [2.45, 2.75) is 120 Å². The molecule has 1 aromatic heterocycles. The number of piperidine rings is 1. The number of halogens is 2. The number of nitrogens with one attached hydrogen (secondary N) is 2. The minimum absolute atomic E-state index is 0.00355. The van der Waals surface area contributed by atoms with E-state index in [2.05, 4.69) is 139 Å². The summed E-state index contributed by atoms with van der Waals surface area (Å²) in [5.41, 5.74) is 5.42. The van der Waals surface area contributed by atoms with E-state index in [1.807, 2.05) is 42.6 Å². The number of carbonyl (C=O) groups is 1. The number of likely N-dealkylation sites (N-methyl/N-ethyl adjacent to an activating group) is 2. The standard InChI is InChI=1S/C60H73Cl2N7O4/c1-8-59-53-30-44(28-39-12-10-9-11-13-39)55(59)66(4)37(2)33-63-52-32-47(29-40-14-19-45(61)20-15-40)67(5)56-49(36-71-7)65-54(60(52,56)58(59)70)38(3)69(53)35-43-16-21-46(62)31-51(43)73-48-22-17-41(18-23-48)50-34-64-57(68(50)6)42-24-26-72-27-25-42/h9-24,31,34,37-38,44,47,49,52-56,63,65H,8,25-30,32-33,35-36H2,1-7H3/t37-,38-,44+,47-,49+,52?,53?,54?,55?,56?,59?,60?/m0/s1. The normalized spacial score (nSPS) is 32.6. The number of aromatic nitrogens is 2. The van der Waals surface area contributed by atoms with Crippen molar-refractivity contribution in [3.8, 4) is 22.8 Å². The van der Waals surface area contributed by atoms with Crippen LogP contribution in [0.2, 0.25) is 10.0 Å². The number of carbonyl (C=O) groups excluding carboxylic acids is 1. The van der Waals surface area contributed by atoms with E-state index in [4.69, 9.17) is 42.4 Å². The Morgan fingerprint density at radius 1 is 0.877 bits per heavy atom. The van der Waals surface area contributed by atoms with Crippen LogP contribution in [-0.2, 0) is 40.7 Å². The molecule has 11 nitrogen and oxygen atoms in total. The van der Waals surface area contributed by atoms with Gasteiger partial charge in [-0.15, -0.1) is 0 Å². The van der Waals surface area contributed by atoms with E-state index >= 15 is 4.79 Å². The highest BCUT2D eigenvalue weighted by Gasteiger charge is 2.77. The van der Waals surface area contributed by atoms with Crippen molar-refractivity contribution in [2.24, 2.45) is 23.8 Å². The molecule has 1 saturated carbocycles. The maximum atomic E-state index is 17.5. The second-order valence-electron chi connectivity index (χ2n) is 22.2. The Morgan fingerprint density at radius 2 is 1.63 bits per heavy atom. The predicted molar refractivity (Wildman–Crippen MR) is 291 cm³/mol. The quantitative estimate of drug-likeness (QED) is 0.119. The maximum absolute atomic E-state index is 17.5. The van der Waals surface area contributed by atoms with Gasteiger partial charge in [-0.1, -0.05) is 84.7 Å². The molecule has 1 spiro atoms. The maximum Gasteiger partial charge on any atom is 0.153 e. The molecule has 13 heteroatoms. The Kier molecular flexibility index (Phi) is 14.3. The molecule has 4 saturated heterocycles. The monoisotopic (exact) mass is 1030 g/mol. The van der Waals surface area contributed by atoms with E-state index < -0.39 is 10.8 Å². The number of hydrogen-bond donors (Lipinski definition) is 2. The third kappa shape index (κ3) is 8.72. The van der Waals surface area contributed by atoms with Crippen LogP contribution in [0.1, 0.15) is 69.0 Å². The van der Waals surface area contributed by atoms with Gasteiger partial charge in [-0.3, -0.25) is 19.5 Å². The van der Waals surface area contributed by atoms with Gasteiger partial charge in [-0.25, -0.2) is 4.98 Å². The first-order chi connectivity index (χ1) is 35.4. The second kappa shape index (κ2) is 20.6. The van der Waals surface area contributed by atoms with Crippen LogP contribution in [0, 0.1) is 16.7 Å². The molecule has 6 heterocycles. The Bertz CT molecular complexity index is 2810. The van der Waals surface area contributed by atoms with Crippen molar-refractivity contribution in [2.75, 3.05) is 47.6 Å². The van der Waals surface area contributed by atoms with Crippen LogP contribution in [0.15, 0.2) is 109 Å². The third-order valence-corrected chi connectivity index (χ3v) is 19.1. The molecule has 4 aromatic carbocycles. The second-order valence-corrected chi connectivity index (χ2v) is 23.1. The van der Waals surface area contributed by atoms with Crippen molar-refractivity contribution in [1.82, 2.24) is 34.9 Å². The lowest BCUT2D eigenvalue weighted by Crippen LogP contribution is -2.73. The highest BCUT2D eigenvalue weighted by molar-refractivity contribution is 6.31. The molecule has 5 aromatic rings. The summed E-state index contributed by atoms with van der Waals surface area (Å²) in [5, 5.41) is 9.83. The molecule has 7 unspecified atom stereocenters. The molecule has 2 N–H and O–H groups in total. The summed E-state index contributed by atoms with van der Waals surface area (Å²) in [6.07, 6.45) is 9.16. The van der Waals surface area contributed by atoms with Crippen LogP contribution in [0.25, 0.3) is 16.8 Å². The average molecular weight is 1030 g/mol. The summed E-state index contributed by atoms with van der Waals surface area (Å²) in [6.45, 7) is 10.3. The lowest BCUT2D eigenvalue weighted by Gasteiger charge is -2.57. The number of ether oxygens (including phenoxy) is 3. The van der Waals surface area contributed by atoms with Gasteiger partial charge in [0.15, 0.2) is 5.78 Å². The van der Waals surface area contributed by atoms with Gasteiger partial charge < -0.3 is 29.4 Å². The summed E-state index contributed by atoms with van der Waals surface area (Å²) in [4.78, 5) is 30.3. The molecule has 1 aliphatic carbocycles. The molecule has 386 valence electrons. The molecule has 5 aliphatic heterocycles. The summed E-state index contributed by atoms with van der Waals surface area (Å²) in [6, 6.07) is 33.4. The van der Waals surface area contributed by atoms with Gasteiger partial charge in [0.05, 0.1) is 42.5 Å². The molecule has 6 aliphatic rings. The summed E-state index contributed by atoms with van der Waals surface area (Å²) >= 11 is 13.3. The lowest BCUT2D eigenvalue weighted by molar-refractivity contribution is -0.154. The number of rotatable bonds is 13. The molecule has 0 radical (unpaired) electrons. The first-order valence-electron chi connectivity index (χ1n) is 26.7. The van der Waals surface area contributed by atoms with Crippen LogP contribution < -0.4 is 15.4 Å². The number of ketones is 1. The highest BCUT2D eigenvalue weighted by Crippen LogP contribution is 2.63. The molecule has 73 heavy (non-hydrogen) atoms. The van der Waals surface area contributed by atoms with Gasteiger partial charge >= 0.3 is 0 Å². The van der Waals surface area contributed by atoms with Crippen LogP contribution in [-0.4, -0.2) is 132 Å². The Labute approximate surface area is 442 Å². The van der Waals surface area contributed by atoms with Crippen molar-refractivity contribution in [3.05, 3.63) is 142 Å². The number of Topliss-reactive ketones (excluding diaryl/α,β-unsaturated/α-hetero) is 1. The van der Waals surface area contributed by atoms with Crippen LogP contribution in [0.3, 0.4) is 0 Å². The van der Waals surface area contributed by atoms with Gasteiger partial charge in [0.2, 0.25) is 0 Å². The number of benzene rings is 4. The van der Waals surface area contributed by atoms with E-state index in [0.717, 1.165) is 78.5 Å². The van der Waals surface area contributed by atoms with Gasteiger partial charge in [-0.05, 0) is 138 Å². The van der Waals surface area contributed by atoms with E-state index in [0.29, 0.717) is 42.9 Å². The molecular formula is C60H73Cl2N7O4. The molecule has 12 atom stereocenters. The van der Waals surface area contributed by atoms with Gasteiger partial charge in [0.1, 0.15) is 17.3 Å².